The van der Waals surface area contributed by atoms with Crippen molar-refractivity contribution in [3.05, 3.63) is 16.9 Å². The van der Waals surface area contributed by atoms with E-state index in [0.29, 0.717) is 23.9 Å². The summed E-state index contributed by atoms with van der Waals surface area (Å²) in [6, 6.07) is 0.256. The summed E-state index contributed by atoms with van der Waals surface area (Å²) in [5.41, 5.74) is 3.83. The van der Waals surface area contributed by atoms with Gasteiger partial charge in [0.2, 0.25) is 10.9 Å². The molecular formula is C20H29N7O3S. The molecular weight excluding hydrogens is 418 g/mol. The predicted octanol–water partition coefficient (Wildman–Crippen LogP) is 2.13. The van der Waals surface area contributed by atoms with Gasteiger partial charge in [-0.1, -0.05) is 18.3 Å². The molecule has 3 heterocycles. The van der Waals surface area contributed by atoms with Crippen LogP contribution in [0.2, 0.25) is 0 Å². The number of carbonyl (C=O) groups excluding carboxylic acids is 2. The number of alkyl carbamates (subject to hydrolysis) is 1. The zero-order valence-corrected chi connectivity index (χ0v) is 18.9. The summed E-state index contributed by atoms with van der Waals surface area (Å²) >= 11 is 1.49. The van der Waals surface area contributed by atoms with Crippen molar-refractivity contribution in [2.75, 3.05) is 0 Å². The van der Waals surface area contributed by atoms with Crippen LogP contribution in [-0.4, -0.2) is 50.6 Å². The van der Waals surface area contributed by atoms with E-state index in [1.807, 2.05) is 20.8 Å². The second-order valence-electron chi connectivity index (χ2n) is 8.36. The molecule has 0 aromatic carbocycles. The van der Waals surface area contributed by atoms with E-state index < -0.39 is 0 Å². The minimum atomic E-state index is -0.340. The van der Waals surface area contributed by atoms with Gasteiger partial charge in [0.15, 0.2) is 0 Å². The van der Waals surface area contributed by atoms with Gasteiger partial charge < -0.3 is 20.8 Å². The molecule has 0 bridgehead atoms. The number of amides is 2. The number of hydrogen-bond donors (Lipinski definition) is 3. The van der Waals surface area contributed by atoms with Gasteiger partial charge in [0.1, 0.15) is 16.9 Å². The molecule has 3 N–H and O–H groups in total. The van der Waals surface area contributed by atoms with E-state index in [2.05, 4.69) is 31.2 Å². The molecule has 2 amide bonds. The highest BCUT2D eigenvalue weighted by Crippen LogP contribution is 2.32. The second kappa shape index (κ2) is 9.21. The van der Waals surface area contributed by atoms with Crippen molar-refractivity contribution >= 4 is 34.1 Å². The monoisotopic (exact) mass is 447 g/mol. The van der Waals surface area contributed by atoms with Crippen LogP contribution in [0.1, 0.15) is 56.7 Å². The fraction of sp³-hybridized carbons (Fsp3) is 0.650. The number of nitrogens with zero attached hydrogens (tertiary/aromatic N) is 4. The normalized spacial score (nSPS) is 24.0. The molecule has 168 valence electrons. The average Bonchev–Trinajstić information content (AvgIpc) is 3.46. The van der Waals surface area contributed by atoms with Crippen LogP contribution in [0.4, 0.5) is 4.79 Å². The molecule has 1 saturated carbocycles. The van der Waals surface area contributed by atoms with Gasteiger partial charge >= 0.3 is 6.09 Å². The van der Waals surface area contributed by atoms with E-state index >= 15 is 0 Å². The van der Waals surface area contributed by atoms with Gasteiger partial charge in [-0.15, -0.1) is 0 Å². The van der Waals surface area contributed by atoms with E-state index in [0.717, 1.165) is 35.7 Å². The van der Waals surface area contributed by atoms with Crippen molar-refractivity contribution in [2.24, 2.45) is 11.0 Å². The minimum Gasteiger partial charge on any atom is -0.446 e. The average molecular weight is 448 g/mol. The van der Waals surface area contributed by atoms with Gasteiger partial charge in [0.05, 0.1) is 24.4 Å². The van der Waals surface area contributed by atoms with Crippen molar-refractivity contribution in [2.45, 2.75) is 77.5 Å². The topological polar surface area (TPSA) is 122 Å². The number of hydrazone groups is 1. The summed E-state index contributed by atoms with van der Waals surface area (Å²) in [6.45, 7) is 5.91. The maximum absolute atomic E-state index is 12.4. The van der Waals surface area contributed by atoms with Crippen molar-refractivity contribution < 1.29 is 14.3 Å². The third kappa shape index (κ3) is 5.33. The number of amidine groups is 1. The molecule has 0 radical (unpaired) electrons. The summed E-state index contributed by atoms with van der Waals surface area (Å²) in [4.78, 5) is 29.6. The molecule has 4 rings (SSSR count). The zero-order valence-electron chi connectivity index (χ0n) is 18.1. The fourth-order valence-corrected chi connectivity index (χ4v) is 4.79. The summed E-state index contributed by atoms with van der Waals surface area (Å²) in [6.07, 6.45) is 5.71. The summed E-state index contributed by atoms with van der Waals surface area (Å²) in [7, 11) is 0. The molecule has 31 heavy (non-hydrogen) atoms. The maximum atomic E-state index is 12.4. The standard InChI is InChI=1S/C20H29N7O3S/c1-4-11(2)21-20(29)30-15-6-5-13(7-15)16-9-17(25-24-16)23-18(28)8-14-10-27-19(22-14)31-12(3)26-27/h10-11,13,15-16,24H,4-9H2,1-3H3,(H,21,29)(H,23,25,28)/t11-,13-,15+,16?/m0/s1. The highest BCUT2D eigenvalue weighted by atomic mass is 32.1. The molecule has 1 unspecified atom stereocenters. The minimum absolute atomic E-state index is 0.0680. The number of aromatic nitrogens is 3. The van der Waals surface area contributed by atoms with Crippen molar-refractivity contribution in [3.8, 4) is 0 Å². The van der Waals surface area contributed by atoms with Crippen molar-refractivity contribution in [1.29, 1.82) is 0 Å². The molecule has 2 aliphatic rings. The van der Waals surface area contributed by atoms with Gasteiger partial charge in [-0.25, -0.2) is 14.3 Å². The Morgan fingerprint density at radius 3 is 3.03 bits per heavy atom. The molecule has 0 saturated heterocycles. The van der Waals surface area contributed by atoms with Gasteiger partial charge in [-0.2, -0.15) is 10.2 Å². The molecule has 11 heteroatoms. The Kier molecular flexibility index (Phi) is 6.40. The van der Waals surface area contributed by atoms with Crippen LogP contribution in [-0.2, 0) is 16.0 Å². The molecule has 2 aromatic heterocycles. The zero-order chi connectivity index (χ0) is 22.0. The quantitative estimate of drug-likeness (QED) is 0.624. The lowest BCUT2D eigenvalue weighted by Crippen LogP contribution is -2.35. The molecule has 0 spiro atoms. The van der Waals surface area contributed by atoms with E-state index in [-0.39, 0.29) is 36.6 Å². The first-order chi connectivity index (χ1) is 14.9. The number of aryl methyl sites for hydroxylation is 1. The van der Waals surface area contributed by atoms with Gasteiger partial charge in [0.25, 0.3) is 0 Å². The molecule has 10 nitrogen and oxygen atoms in total. The Hall–Kier alpha value is -2.69. The van der Waals surface area contributed by atoms with Crippen LogP contribution in [0.3, 0.4) is 0 Å². The predicted molar refractivity (Wildman–Crippen MR) is 117 cm³/mol. The van der Waals surface area contributed by atoms with Gasteiger partial charge in [0, 0.05) is 12.5 Å². The van der Waals surface area contributed by atoms with Crippen LogP contribution >= 0.6 is 11.3 Å². The smallest absolute Gasteiger partial charge is 0.407 e. The number of ether oxygens (including phenoxy) is 1. The van der Waals surface area contributed by atoms with Crippen LogP contribution in [0.15, 0.2) is 11.3 Å². The SMILES string of the molecule is CC[C@H](C)NC(=O)O[C@@H]1CC[C@H](C2CC(NC(=O)Cc3cn4nc(C)sc4n3)=NN2)C1. The number of rotatable bonds is 6. The number of carbonyl (C=O) groups is 2. The van der Waals surface area contributed by atoms with E-state index in [1.165, 1.54) is 11.3 Å². The van der Waals surface area contributed by atoms with Crippen molar-refractivity contribution in [3.63, 3.8) is 0 Å². The molecule has 1 fully saturated rings. The summed E-state index contributed by atoms with van der Waals surface area (Å²) in [5, 5.41) is 15.3. The Morgan fingerprint density at radius 2 is 2.26 bits per heavy atom. The van der Waals surface area contributed by atoms with Crippen LogP contribution in [0.5, 0.6) is 0 Å². The van der Waals surface area contributed by atoms with Crippen LogP contribution < -0.4 is 16.1 Å². The molecule has 4 atom stereocenters. The first-order valence-electron chi connectivity index (χ1n) is 10.8. The van der Waals surface area contributed by atoms with Gasteiger partial charge in [-0.3, -0.25) is 4.79 Å². The lowest BCUT2D eigenvalue weighted by Gasteiger charge is -2.19. The van der Waals surface area contributed by atoms with Crippen molar-refractivity contribution in [1.82, 2.24) is 30.7 Å². The van der Waals surface area contributed by atoms with Crippen LogP contribution in [0, 0.1) is 12.8 Å². The Labute approximate surface area is 184 Å². The Morgan fingerprint density at radius 1 is 1.42 bits per heavy atom. The molecule has 2 aromatic rings. The van der Waals surface area contributed by atoms with Crippen LogP contribution in [0.25, 0.3) is 4.96 Å². The van der Waals surface area contributed by atoms with E-state index in [9.17, 15) is 9.59 Å². The Bertz CT molecular complexity index is 953. The molecule has 1 aliphatic heterocycles. The highest BCUT2D eigenvalue weighted by Gasteiger charge is 2.35. The lowest BCUT2D eigenvalue weighted by molar-refractivity contribution is -0.119. The lowest BCUT2D eigenvalue weighted by atomic mass is 9.96. The first kappa shape index (κ1) is 21.5. The summed E-state index contributed by atoms with van der Waals surface area (Å²) < 4.78 is 7.26. The van der Waals surface area contributed by atoms with E-state index in [1.54, 1.807) is 10.7 Å². The fourth-order valence-electron chi connectivity index (χ4n) is 4.05. The number of nitrogens with one attached hydrogen (secondary N) is 3. The van der Waals surface area contributed by atoms with E-state index in [4.69, 9.17) is 4.74 Å². The molecule has 1 aliphatic carbocycles. The van der Waals surface area contributed by atoms with Gasteiger partial charge in [-0.05, 0) is 45.4 Å². The highest BCUT2D eigenvalue weighted by molar-refractivity contribution is 7.16. The second-order valence-corrected chi connectivity index (χ2v) is 9.52. The largest absolute Gasteiger partial charge is 0.446 e. The maximum Gasteiger partial charge on any atom is 0.407 e. The third-order valence-corrected chi connectivity index (χ3v) is 6.68. The number of imidazole rings is 1. The Balaban J connectivity index is 1.20. The third-order valence-electron chi connectivity index (χ3n) is 5.84. The number of hydrogen-bond acceptors (Lipinski definition) is 8. The first-order valence-corrected chi connectivity index (χ1v) is 11.6. The number of fused-ring (bicyclic) bond motifs is 1. The summed E-state index contributed by atoms with van der Waals surface area (Å²) in [5.74, 6) is 0.857.